The number of ether oxygens (including phenoxy) is 1. The summed E-state index contributed by atoms with van der Waals surface area (Å²) in [7, 11) is 0. The van der Waals surface area contributed by atoms with Gasteiger partial charge in [0.1, 0.15) is 6.20 Å². The third-order valence-corrected chi connectivity index (χ3v) is 2.08. The topological polar surface area (TPSA) is 82.3 Å². The van der Waals surface area contributed by atoms with Crippen molar-refractivity contribution in [2.45, 2.75) is 6.92 Å². The summed E-state index contributed by atoms with van der Waals surface area (Å²) in [6, 6.07) is 0. The van der Waals surface area contributed by atoms with Crippen molar-refractivity contribution < 1.29 is 14.5 Å². The molecule has 15 heavy (non-hydrogen) atoms. The molecule has 0 bridgehead atoms. The predicted octanol–water partition coefficient (Wildman–Crippen LogP) is 0.966. The number of rotatable bonds is 2. The normalized spacial score (nSPS) is 8.87. The maximum absolute atomic E-state index is 10.8. The molecule has 0 saturated carbocycles. The van der Waals surface area contributed by atoms with Crippen LogP contribution in [0.25, 0.3) is 0 Å². The lowest BCUT2D eigenvalue weighted by Crippen LogP contribution is -1.99. The van der Waals surface area contributed by atoms with Crippen LogP contribution in [-0.4, -0.2) is 22.5 Å². The molecule has 0 atom stereocenters. The average Bonchev–Trinajstić information content (AvgIpc) is 2.63. The summed E-state index contributed by atoms with van der Waals surface area (Å²) in [5.74, 6) is 3.88. The highest BCUT2D eigenvalue weighted by Crippen LogP contribution is 2.19. The van der Waals surface area contributed by atoms with Crippen molar-refractivity contribution in [3.63, 3.8) is 0 Å². The molecule has 1 aromatic rings. The number of esters is 1. The minimum absolute atomic E-state index is 0.108. The van der Waals surface area contributed by atoms with Gasteiger partial charge in [-0.05, 0) is 24.2 Å². The van der Waals surface area contributed by atoms with Crippen molar-refractivity contribution in [1.82, 2.24) is 4.98 Å². The van der Waals surface area contributed by atoms with Crippen molar-refractivity contribution >= 4 is 22.3 Å². The van der Waals surface area contributed by atoms with E-state index < -0.39 is 10.9 Å². The van der Waals surface area contributed by atoms with Gasteiger partial charge in [0.25, 0.3) is 0 Å². The standard InChI is InChI=1S/C8H6N2O4S/c1-2-14-8(11)4-3-6-9-5-7(15-6)10(12)13/h5H,2H2,1H3. The quantitative estimate of drug-likeness (QED) is 0.324. The van der Waals surface area contributed by atoms with E-state index in [0.717, 1.165) is 17.5 Å². The molecule has 7 heteroatoms. The summed E-state index contributed by atoms with van der Waals surface area (Å²) in [6.07, 6.45) is 1.10. The summed E-state index contributed by atoms with van der Waals surface area (Å²) in [4.78, 5) is 24.2. The number of carbonyl (C=O) groups excluding carboxylic acids is 1. The van der Waals surface area contributed by atoms with Crippen LogP contribution in [0.4, 0.5) is 5.00 Å². The molecule has 0 aliphatic rings. The van der Waals surface area contributed by atoms with Gasteiger partial charge in [-0.15, -0.1) is 0 Å². The van der Waals surface area contributed by atoms with Gasteiger partial charge in [-0.2, -0.15) is 0 Å². The lowest BCUT2D eigenvalue weighted by atomic mass is 10.6. The van der Waals surface area contributed by atoms with E-state index in [2.05, 4.69) is 21.6 Å². The van der Waals surface area contributed by atoms with Gasteiger partial charge in [0.2, 0.25) is 0 Å². The molecule has 0 radical (unpaired) electrons. The van der Waals surface area contributed by atoms with Crippen LogP contribution < -0.4 is 0 Å². The summed E-state index contributed by atoms with van der Waals surface area (Å²) >= 11 is 0.809. The van der Waals surface area contributed by atoms with Crippen molar-refractivity contribution in [3.8, 4) is 11.8 Å². The Hall–Kier alpha value is -1.94. The highest BCUT2D eigenvalue weighted by atomic mass is 32.1. The zero-order chi connectivity index (χ0) is 11.3. The van der Waals surface area contributed by atoms with Crippen molar-refractivity contribution in [2.75, 3.05) is 6.61 Å². The zero-order valence-corrected chi connectivity index (χ0v) is 8.54. The van der Waals surface area contributed by atoms with Gasteiger partial charge in [0.15, 0.2) is 5.01 Å². The Balaban J connectivity index is 2.72. The highest BCUT2D eigenvalue weighted by molar-refractivity contribution is 7.15. The van der Waals surface area contributed by atoms with E-state index in [-0.39, 0.29) is 16.6 Å². The van der Waals surface area contributed by atoms with Crippen LogP contribution in [0.2, 0.25) is 0 Å². The monoisotopic (exact) mass is 226 g/mol. The van der Waals surface area contributed by atoms with Crippen LogP contribution in [0, 0.1) is 22.0 Å². The van der Waals surface area contributed by atoms with Crippen LogP contribution in [0.5, 0.6) is 0 Å². The summed E-state index contributed by atoms with van der Waals surface area (Å²) < 4.78 is 4.55. The molecule has 0 amide bonds. The number of nitro groups is 1. The molecule has 0 aliphatic carbocycles. The minimum Gasteiger partial charge on any atom is -0.456 e. The molecule has 0 N–H and O–H groups in total. The molecular weight excluding hydrogens is 220 g/mol. The van der Waals surface area contributed by atoms with Crippen LogP contribution in [0.1, 0.15) is 11.9 Å². The molecule has 1 rings (SSSR count). The van der Waals surface area contributed by atoms with Crippen LogP contribution in [0.15, 0.2) is 6.20 Å². The molecule has 0 aromatic carbocycles. The molecule has 6 nitrogen and oxygen atoms in total. The Morgan fingerprint density at radius 2 is 2.53 bits per heavy atom. The van der Waals surface area contributed by atoms with E-state index in [1.165, 1.54) is 0 Å². The number of carbonyl (C=O) groups is 1. The second kappa shape index (κ2) is 5.07. The number of hydrogen-bond acceptors (Lipinski definition) is 6. The Labute approximate surface area is 89.0 Å². The maximum atomic E-state index is 10.8. The van der Waals surface area contributed by atoms with Gasteiger partial charge in [-0.1, -0.05) is 0 Å². The number of thiazole rings is 1. The average molecular weight is 226 g/mol. The van der Waals surface area contributed by atoms with Crippen molar-refractivity contribution in [3.05, 3.63) is 21.3 Å². The second-order valence-electron chi connectivity index (χ2n) is 2.23. The third-order valence-electron chi connectivity index (χ3n) is 1.22. The molecule has 78 valence electrons. The van der Waals surface area contributed by atoms with Gasteiger partial charge >= 0.3 is 11.0 Å². The van der Waals surface area contributed by atoms with E-state index in [1.807, 2.05) is 0 Å². The first-order chi connectivity index (χ1) is 7.13. The van der Waals surface area contributed by atoms with Gasteiger partial charge in [-0.25, -0.2) is 9.78 Å². The Morgan fingerprint density at radius 3 is 3.07 bits per heavy atom. The largest absolute Gasteiger partial charge is 0.456 e. The van der Waals surface area contributed by atoms with E-state index in [1.54, 1.807) is 6.92 Å². The Morgan fingerprint density at radius 1 is 1.80 bits per heavy atom. The SMILES string of the molecule is CCOC(=O)C#Cc1ncc([N+](=O)[O-])s1. The zero-order valence-electron chi connectivity index (χ0n) is 7.72. The number of hydrogen-bond donors (Lipinski definition) is 0. The lowest BCUT2D eigenvalue weighted by Gasteiger charge is -1.89. The lowest BCUT2D eigenvalue weighted by molar-refractivity contribution is -0.380. The smallest absolute Gasteiger partial charge is 0.384 e. The van der Waals surface area contributed by atoms with Crippen molar-refractivity contribution in [1.29, 1.82) is 0 Å². The van der Waals surface area contributed by atoms with Crippen molar-refractivity contribution in [2.24, 2.45) is 0 Å². The molecule has 0 aliphatic heterocycles. The Kier molecular flexibility index (Phi) is 3.76. The first-order valence-corrected chi connectivity index (χ1v) is 4.74. The van der Waals surface area contributed by atoms with Gasteiger partial charge in [0.05, 0.1) is 11.5 Å². The van der Waals surface area contributed by atoms with Gasteiger partial charge < -0.3 is 4.74 Å². The first-order valence-electron chi connectivity index (χ1n) is 3.92. The van der Waals surface area contributed by atoms with E-state index >= 15 is 0 Å². The van der Waals surface area contributed by atoms with Gasteiger partial charge in [0, 0.05) is 5.92 Å². The van der Waals surface area contributed by atoms with Crippen LogP contribution in [-0.2, 0) is 9.53 Å². The number of nitrogens with zero attached hydrogens (tertiary/aromatic N) is 2. The van der Waals surface area contributed by atoms with Gasteiger partial charge in [-0.3, -0.25) is 10.1 Å². The third kappa shape index (κ3) is 3.36. The highest BCUT2D eigenvalue weighted by Gasteiger charge is 2.09. The van der Waals surface area contributed by atoms with E-state index in [9.17, 15) is 14.9 Å². The molecule has 1 aromatic heterocycles. The summed E-state index contributed by atoms with van der Waals surface area (Å²) in [5.41, 5.74) is 0. The summed E-state index contributed by atoms with van der Waals surface area (Å²) in [6.45, 7) is 1.90. The van der Waals surface area contributed by atoms with E-state index in [4.69, 9.17) is 0 Å². The second-order valence-corrected chi connectivity index (χ2v) is 3.24. The van der Waals surface area contributed by atoms with E-state index in [0.29, 0.717) is 0 Å². The summed E-state index contributed by atoms with van der Waals surface area (Å²) in [5, 5.41) is 10.4. The number of aromatic nitrogens is 1. The predicted molar refractivity (Wildman–Crippen MR) is 52.3 cm³/mol. The fourth-order valence-corrected chi connectivity index (χ4v) is 1.26. The minimum atomic E-state index is -0.671. The molecule has 0 unspecified atom stereocenters. The molecule has 1 heterocycles. The van der Waals surface area contributed by atoms with Crippen LogP contribution in [0.3, 0.4) is 0 Å². The van der Waals surface area contributed by atoms with Crippen LogP contribution >= 0.6 is 11.3 Å². The first kappa shape index (κ1) is 11.1. The Bertz CT molecular complexity index is 443. The molecule has 0 fully saturated rings. The fourth-order valence-electron chi connectivity index (χ4n) is 0.679. The maximum Gasteiger partial charge on any atom is 0.384 e. The molecule has 0 saturated heterocycles. The fraction of sp³-hybridized carbons (Fsp3) is 0.250. The molecular formula is C8H6N2O4S. The molecule has 0 spiro atoms.